The first kappa shape index (κ1) is 14.2. The summed E-state index contributed by atoms with van der Waals surface area (Å²) < 4.78 is 1.68. The number of carbonyl (C=O) groups is 2. The Kier molecular flexibility index (Phi) is 3.60. The van der Waals surface area contributed by atoms with E-state index in [0.29, 0.717) is 4.96 Å². The van der Waals surface area contributed by atoms with Crippen LogP contribution < -0.4 is 10.6 Å². The van der Waals surface area contributed by atoms with Crippen molar-refractivity contribution in [3.05, 3.63) is 29.6 Å². The molecular weight excluding hydrogens is 302 g/mol. The summed E-state index contributed by atoms with van der Waals surface area (Å²) in [5.74, 6) is -0.0307. The smallest absolute Gasteiger partial charge is 0.250 e. The van der Waals surface area contributed by atoms with Crippen LogP contribution in [-0.4, -0.2) is 26.4 Å². The number of amides is 2. The molecule has 3 aromatic rings. The maximum Gasteiger partial charge on any atom is 0.250 e. The molecule has 2 amide bonds. The molecule has 1 aromatic carbocycles. The largest absolute Gasteiger partial charge is 0.326 e. The molecule has 0 unspecified atom stereocenters. The number of thiazole rings is 1. The van der Waals surface area contributed by atoms with Gasteiger partial charge in [0.2, 0.25) is 22.7 Å². The zero-order chi connectivity index (χ0) is 15.7. The highest BCUT2D eigenvalue weighted by Gasteiger charge is 2.12. The lowest BCUT2D eigenvalue weighted by atomic mass is 10.1. The maximum atomic E-state index is 11.1. The summed E-state index contributed by atoms with van der Waals surface area (Å²) in [6.45, 7) is 2.88. The van der Waals surface area contributed by atoms with Crippen molar-refractivity contribution in [1.29, 1.82) is 0 Å². The second-order valence-electron chi connectivity index (χ2n) is 4.69. The molecule has 0 saturated carbocycles. The molecule has 3 rings (SSSR count). The third kappa shape index (κ3) is 2.82. The number of nitrogens with zero attached hydrogens (tertiary/aromatic N) is 3. The summed E-state index contributed by atoms with van der Waals surface area (Å²) in [4.78, 5) is 27.0. The van der Waals surface area contributed by atoms with Crippen molar-refractivity contribution in [2.24, 2.45) is 0 Å². The van der Waals surface area contributed by atoms with Crippen LogP contribution in [0.25, 0.3) is 16.2 Å². The first-order valence-electron chi connectivity index (χ1n) is 6.53. The third-order valence-corrected chi connectivity index (χ3v) is 3.69. The fourth-order valence-electron chi connectivity index (χ4n) is 2.02. The van der Waals surface area contributed by atoms with Gasteiger partial charge in [-0.2, -0.15) is 4.98 Å². The van der Waals surface area contributed by atoms with Crippen molar-refractivity contribution < 1.29 is 9.59 Å². The lowest BCUT2D eigenvalue weighted by molar-refractivity contribution is -0.115. The monoisotopic (exact) mass is 315 g/mol. The Labute approximate surface area is 130 Å². The topological polar surface area (TPSA) is 88.4 Å². The molecule has 2 heterocycles. The summed E-state index contributed by atoms with van der Waals surface area (Å²) in [6, 6.07) is 7.44. The van der Waals surface area contributed by atoms with Crippen LogP contribution >= 0.6 is 11.3 Å². The van der Waals surface area contributed by atoms with Crippen molar-refractivity contribution >= 4 is 39.7 Å². The van der Waals surface area contributed by atoms with Gasteiger partial charge in [-0.15, -0.1) is 16.4 Å². The lowest BCUT2D eigenvalue weighted by Gasteiger charge is -2.03. The number of nitrogens with one attached hydrogen (secondary N) is 2. The zero-order valence-electron chi connectivity index (χ0n) is 12.0. The minimum absolute atomic E-state index is 0.109. The number of aromatic nitrogens is 3. The molecule has 0 saturated heterocycles. The van der Waals surface area contributed by atoms with E-state index in [1.165, 1.54) is 25.2 Å². The molecule has 0 aliphatic carbocycles. The van der Waals surface area contributed by atoms with E-state index in [9.17, 15) is 9.59 Å². The van der Waals surface area contributed by atoms with E-state index in [-0.39, 0.29) is 17.8 Å². The van der Waals surface area contributed by atoms with Crippen molar-refractivity contribution in [1.82, 2.24) is 14.6 Å². The zero-order valence-corrected chi connectivity index (χ0v) is 12.8. The molecule has 0 aliphatic heterocycles. The van der Waals surface area contributed by atoms with E-state index in [4.69, 9.17) is 0 Å². The van der Waals surface area contributed by atoms with E-state index < -0.39 is 0 Å². The molecule has 2 N–H and O–H groups in total. The van der Waals surface area contributed by atoms with Crippen molar-refractivity contribution in [3.8, 4) is 11.3 Å². The highest BCUT2D eigenvalue weighted by molar-refractivity contribution is 7.15. The molecule has 8 heteroatoms. The normalized spacial score (nSPS) is 10.6. The quantitative estimate of drug-likeness (QED) is 0.776. The van der Waals surface area contributed by atoms with Crippen LogP contribution in [0.5, 0.6) is 0 Å². The van der Waals surface area contributed by atoms with E-state index in [0.717, 1.165) is 16.9 Å². The molecule has 2 aromatic heterocycles. The SMILES string of the molecule is CC(=O)Nc1ccc(-c2csc3nc(NC(C)=O)nn23)cc1. The van der Waals surface area contributed by atoms with Crippen LogP contribution in [0.1, 0.15) is 13.8 Å². The van der Waals surface area contributed by atoms with Gasteiger partial charge in [-0.1, -0.05) is 12.1 Å². The van der Waals surface area contributed by atoms with Gasteiger partial charge in [0.25, 0.3) is 0 Å². The molecule has 0 aliphatic rings. The second-order valence-corrected chi connectivity index (χ2v) is 5.53. The van der Waals surface area contributed by atoms with E-state index in [1.807, 2.05) is 29.6 Å². The van der Waals surface area contributed by atoms with E-state index >= 15 is 0 Å². The first-order chi connectivity index (χ1) is 10.5. The standard InChI is InChI=1S/C14H13N5O2S/c1-8(20)15-11-5-3-10(4-6-11)12-7-22-14-17-13(16-9(2)21)18-19(12)14/h3-7H,1-2H3,(H,15,20)(H,16,18,21). The van der Waals surface area contributed by atoms with Gasteiger partial charge in [-0.25, -0.2) is 4.52 Å². The number of rotatable bonds is 3. The average Bonchev–Trinajstić information content (AvgIpc) is 2.98. The van der Waals surface area contributed by atoms with Gasteiger partial charge >= 0.3 is 0 Å². The number of benzene rings is 1. The molecule has 0 atom stereocenters. The van der Waals surface area contributed by atoms with Crippen molar-refractivity contribution in [2.45, 2.75) is 13.8 Å². The molecule has 0 spiro atoms. The van der Waals surface area contributed by atoms with Crippen molar-refractivity contribution in [3.63, 3.8) is 0 Å². The fraction of sp³-hybridized carbons (Fsp3) is 0.143. The number of hydrogen-bond acceptors (Lipinski definition) is 5. The minimum Gasteiger partial charge on any atom is -0.326 e. The molecule has 7 nitrogen and oxygen atoms in total. The highest BCUT2D eigenvalue weighted by Crippen LogP contribution is 2.26. The van der Waals surface area contributed by atoms with Crippen LogP contribution in [0.15, 0.2) is 29.6 Å². The van der Waals surface area contributed by atoms with Gasteiger partial charge in [0, 0.05) is 30.5 Å². The summed E-state index contributed by atoms with van der Waals surface area (Å²) in [5.41, 5.74) is 2.55. The lowest BCUT2D eigenvalue weighted by Crippen LogP contribution is -2.07. The third-order valence-electron chi connectivity index (χ3n) is 2.87. The minimum atomic E-state index is -0.209. The number of fused-ring (bicyclic) bond motifs is 1. The summed E-state index contributed by atoms with van der Waals surface area (Å²) >= 11 is 1.44. The number of carbonyl (C=O) groups excluding carboxylic acids is 2. The van der Waals surface area contributed by atoms with Crippen LogP contribution in [0, 0.1) is 0 Å². The van der Waals surface area contributed by atoms with Crippen molar-refractivity contribution in [2.75, 3.05) is 10.6 Å². The van der Waals surface area contributed by atoms with Gasteiger partial charge in [0.05, 0.1) is 5.69 Å². The molecule has 112 valence electrons. The van der Waals surface area contributed by atoms with Crippen LogP contribution in [0.2, 0.25) is 0 Å². The van der Waals surface area contributed by atoms with Gasteiger partial charge in [-0.3, -0.25) is 14.9 Å². The van der Waals surface area contributed by atoms with Gasteiger partial charge in [-0.05, 0) is 12.1 Å². The average molecular weight is 315 g/mol. The summed E-state index contributed by atoms with van der Waals surface area (Å²) in [7, 11) is 0. The first-order valence-corrected chi connectivity index (χ1v) is 7.41. The molecule has 22 heavy (non-hydrogen) atoms. The Morgan fingerprint density at radius 1 is 1.09 bits per heavy atom. The Balaban J connectivity index is 1.93. The Morgan fingerprint density at radius 2 is 1.77 bits per heavy atom. The van der Waals surface area contributed by atoms with Gasteiger partial charge in [0.15, 0.2) is 0 Å². The number of anilines is 2. The van der Waals surface area contributed by atoms with Gasteiger partial charge < -0.3 is 5.32 Å². The van der Waals surface area contributed by atoms with Crippen LogP contribution in [0.3, 0.4) is 0 Å². The Hall–Kier alpha value is -2.74. The summed E-state index contributed by atoms with van der Waals surface area (Å²) in [5, 5.41) is 11.5. The van der Waals surface area contributed by atoms with Crippen LogP contribution in [-0.2, 0) is 9.59 Å². The maximum absolute atomic E-state index is 11.1. The predicted octanol–water partition coefficient (Wildman–Crippen LogP) is 2.37. The molecule has 0 bridgehead atoms. The molecular formula is C14H13N5O2S. The predicted molar refractivity (Wildman–Crippen MR) is 84.9 cm³/mol. The Morgan fingerprint density at radius 3 is 2.41 bits per heavy atom. The molecule has 0 fully saturated rings. The van der Waals surface area contributed by atoms with Gasteiger partial charge in [0.1, 0.15) is 0 Å². The second kappa shape index (κ2) is 5.57. The van der Waals surface area contributed by atoms with E-state index in [2.05, 4.69) is 20.7 Å². The molecule has 0 radical (unpaired) electrons. The highest BCUT2D eigenvalue weighted by atomic mass is 32.1. The Bertz CT molecular complexity index is 850. The summed E-state index contributed by atoms with van der Waals surface area (Å²) in [6.07, 6.45) is 0. The fourth-order valence-corrected chi connectivity index (χ4v) is 2.85. The van der Waals surface area contributed by atoms with Crippen LogP contribution in [0.4, 0.5) is 11.6 Å². The van der Waals surface area contributed by atoms with E-state index in [1.54, 1.807) is 4.52 Å². The number of hydrogen-bond donors (Lipinski definition) is 2.